The molecule has 8 nitrogen and oxygen atoms in total. The lowest BCUT2D eigenvalue weighted by molar-refractivity contribution is -0.0663. The maximum Gasteiger partial charge on any atom is 0.472 e. The van der Waals surface area contributed by atoms with Crippen LogP contribution >= 0.6 is 7.82 Å². The molecule has 21 heavy (non-hydrogen) atoms. The first-order chi connectivity index (χ1) is 10.1. The molecule has 0 radical (unpaired) electrons. The fourth-order valence-corrected chi connectivity index (χ4v) is 3.71. The van der Waals surface area contributed by atoms with E-state index in [2.05, 4.69) is 4.98 Å². The van der Waals surface area contributed by atoms with Crippen molar-refractivity contribution in [3.05, 3.63) is 30.6 Å². The van der Waals surface area contributed by atoms with Crippen LogP contribution in [0, 0.1) is 0 Å². The number of fused-ring (bicyclic) bond motifs is 2. The Bertz CT molecular complexity index is 733. The number of aliphatic hydroxyl groups excluding tert-OH is 1. The summed E-state index contributed by atoms with van der Waals surface area (Å²) >= 11 is 0. The highest BCUT2D eigenvalue weighted by atomic mass is 31.2. The summed E-state index contributed by atoms with van der Waals surface area (Å²) in [5.41, 5.74) is 1.57. The maximum atomic E-state index is 11.5. The van der Waals surface area contributed by atoms with E-state index in [-0.39, 0.29) is 6.61 Å². The SMILES string of the molecule is O=P1(O)OCC2O[C@H](n3cnc4ccccc43)[C@H](O)C2O1. The van der Waals surface area contributed by atoms with Crippen LogP contribution in [-0.2, 0) is 18.3 Å². The summed E-state index contributed by atoms with van der Waals surface area (Å²) in [6.07, 6.45) is -1.76. The lowest BCUT2D eigenvalue weighted by Gasteiger charge is -2.27. The second-order valence-corrected chi connectivity index (χ2v) is 6.44. The zero-order valence-corrected chi connectivity index (χ0v) is 11.7. The minimum atomic E-state index is -4.11. The first-order valence-corrected chi connectivity index (χ1v) is 7.95. The van der Waals surface area contributed by atoms with E-state index in [4.69, 9.17) is 13.8 Å². The molecule has 0 spiro atoms. The largest absolute Gasteiger partial charge is 0.472 e. The van der Waals surface area contributed by atoms with Crippen molar-refractivity contribution < 1.29 is 28.3 Å². The fourth-order valence-electron chi connectivity index (χ4n) is 2.75. The van der Waals surface area contributed by atoms with Crippen LogP contribution in [-0.4, -0.2) is 44.5 Å². The van der Waals surface area contributed by atoms with E-state index in [1.165, 1.54) is 0 Å². The highest BCUT2D eigenvalue weighted by Gasteiger charge is 2.52. The number of nitrogens with zero attached hydrogens (tertiary/aromatic N) is 2. The van der Waals surface area contributed by atoms with Gasteiger partial charge in [-0.15, -0.1) is 0 Å². The number of ether oxygens (including phenoxy) is 1. The third-order valence-corrected chi connectivity index (χ3v) is 4.71. The van der Waals surface area contributed by atoms with Crippen LogP contribution in [0.15, 0.2) is 30.6 Å². The second kappa shape index (κ2) is 4.61. The molecule has 5 atom stereocenters. The molecule has 0 saturated carbocycles. The van der Waals surface area contributed by atoms with Gasteiger partial charge < -0.3 is 19.3 Å². The van der Waals surface area contributed by atoms with Crippen LogP contribution in [0.1, 0.15) is 6.23 Å². The quantitative estimate of drug-likeness (QED) is 0.751. The standard InChI is InChI=1S/C12H13N2O6P/c15-10-11-9(5-18-21(16,17)20-11)19-12(10)14-6-13-7-3-1-2-4-8(7)14/h1-4,6,9-12,15H,5H2,(H,16,17)/t9?,10-,11?,12+/m1/s1. The summed E-state index contributed by atoms with van der Waals surface area (Å²) in [5.74, 6) is 0. The van der Waals surface area contributed by atoms with Gasteiger partial charge in [0.15, 0.2) is 6.23 Å². The summed E-state index contributed by atoms with van der Waals surface area (Å²) < 4.78 is 28.5. The van der Waals surface area contributed by atoms with Gasteiger partial charge in [-0.3, -0.25) is 9.05 Å². The number of rotatable bonds is 1. The molecule has 3 unspecified atom stereocenters. The van der Waals surface area contributed by atoms with Crippen molar-refractivity contribution in [2.75, 3.05) is 6.61 Å². The molecule has 2 N–H and O–H groups in total. The van der Waals surface area contributed by atoms with Crippen molar-refractivity contribution >= 4 is 18.9 Å². The first kappa shape index (κ1) is 13.4. The Balaban J connectivity index is 1.69. The monoisotopic (exact) mass is 312 g/mol. The van der Waals surface area contributed by atoms with E-state index in [1.807, 2.05) is 24.3 Å². The molecule has 0 amide bonds. The van der Waals surface area contributed by atoms with E-state index in [9.17, 15) is 14.6 Å². The van der Waals surface area contributed by atoms with Crippen LogP contribution in [0.5, 0.6) is 0 Å². The Labute approximate surface area is 119 Å². The summed E-state index contributed by atoms with van der Waals surface area (Å²) in [4.78, 5) is 13.6. The van der Waals surface area contributed by atoms with Crippen molar-refractivity contribution in [2.45, 2.75) is 24.5 Å². The average Bonchev–Trinajstić information content (AvgIpc) is 3.00. The highest BCUT2D eigenvalue weighted by Crippen LogP contribution is 2.52. The van der Waals surface area contributed by atoms with Crippen molar-refractivity contribution in [1.29, 1.82) is 0 Å². The van der Waals surface area contributed by atoms with Gasteiger partial charge in [0.25, 0.3) is 0 Å². The average molecular weight is 312 g/mol. The summed E-state index contributed by atoms with van der Waals surface area (Å²) in [6.45, 7) is -0.0986. The molecule has 0 aliphatic carbocycles. The minimum absolute atomic E-state index is 0.0986. The predicted molar refractivity (Wildman–Crippen MR) is 70.3 cm³/mol. The van der Waals surface area contributed by atoms with Crippen molar-refractivity contribution in [3.63, 3.8) is 0 Å². The van der Waals surface area contributed by atoms with Gasteiger partial charge in [0.05, 0.1) is 24.0 Å². The zero-order valence-electron chi connectivity index (χ0n) is 10.8. The van der Waals surface area contributed by atoms with E-state index < -0.39 is 32.4 Å². The molecule has 2 saturated heterocycles. The number of aliphatic hydroxyl groups is 1. The van der Waals surface area contributed by atoms with E-state index >= 15 is 0 Å². The van der Waals surface area contributed by atoms with Gasteiger partial charge in [-0.2, -0.15) is 0 Å². The molecule has 9 heteroatoms. The smallest absolute Gasteiger partial charge is 0.386 e. The summed E-state index contributed by atoms with van der Waals surface area (Å²) in [7, 11) is -4.11. The molecule has 1 aromatic heterocycles. The van der Waals surface area contributed by atoms with Gasteiger partial charge in [0.2, 0.25) is 0 Å². The number of hydrogen-bond acceptors (Lipinski definition) is 6. The molecular weight excluding hydrogens is 299 g/mol. The van der Waals surface area contributed by atoms with Gasteiger partial charge in [-0.05, 0) is 12.1 Å². The van der Waals surface area contributed by atoms with Crippen LogP contribution in [0.2, 0.25) is 0 Å². The van der Waals surface area contributed by atoms with E-state index in [0.29, 0.717) is 0 Å². The third kappa shape index (κ3) is 2.12. The lowest BCUT2D eigenvalue weighted by atomic mass is 10.1. The highest BCUT2D eigenvalue weighted by molar-refractivity contribution is 7.47. The first-order valence-electron chi connectivity index (χ1n) is 6.46. The molecule has 4 rings (SSSR count). The lowest BCUT2D eigenvalue weighted by Crippen LogP contribution is -2.39. The van der Waals surface area contributed by atoms with Gasteiger partial charge in [0.1, 0.15) is 18.3 Å². The van der Waals surface area contributed by atoms with Crippen LogP contribution in [0.25, 0.3) is 11.0 Å². The molecule has 2 aliphatic rings. The van der Waals surface area contributed by atoms with E-state index in [1.54, 1.807) is 10.9 Å². The predicted octanol–water partition coefficient (Wildman–Crippen LogP) is 0.810. The molecule has 2 aliphatic heterocycles. The fraction of sp³-hybridized carbons (Fsp3) is 0.417. The van der Waals surface area contributed by atoms with Gasteiger partial charge in [-0.25, -0.2) is 9.55 Å². The van der Waals surface area contributed by atoms with Crippen LogP contribution < -0.4 is 0 Å². The Morgan fingerprint density at radius 2 is 2.19 bits per heavy atom. The Hall–Kier alpha value is -1.28. The van der Waals surface area contributed by atoms with Crippen LogP contribution in [0.4, 0.5) is 0 Å². The Morgan fingerprint density at radius 1 is 1.38 bits per heavy atom. The number of imidazole rings is 1. The molecule has 0 bridgehead atoms. The van der Waals surface area contributed by atoms with Gasteiger partial charge in [-0.1, -0.05) is 12.1 Å². The maximum absolute atomic E-state index is 11.5. The zero-order chi connectivity index (χ0) is 14.6. The number of para-hydroxylation sites is 2. The Morgan fingerprint density at radius 3 is 3.05 bits per heavy atom. The number of phosphoric ester groups is 1. The Kier molecular flexibility index (Phi) is 2.94. The van der Waals surface area contributed by atoms with Crippen molar-refractivity contribution in [1.82, 2.24) is 9.55 Å². The molecule has 2 aromatic rings. The molecular formula is C12H13N2O6P. The third-order valence-electron chi connectivity index (χ3n) is 3.72. The van der Waals surface area contributed by atoms with Crippen LogP contribution in [0.3, 0.4) is 0 Å². The van der Waals surface area contributed by atoms with Crippen molar-refractivity contribution in [2.24, 2.45) is 0 Å². The number of benzene rings is 1. The van der Waals surface area contributed by atoms with Gasteiger partial charge in [0, 0.05) is 0 Å². The second-order valence-electron chi connectivity index (χ2n) is 5.03. The number of aromatic nitrogens is 2. The van der Waals surface area contributed by atoms with Crippen molar-refractivity contribution in [3.8, 4) is 0 Å². The summed E-state index contributed by atoms with van der Waals surface area (Å²) in [6, 6.07) is 7.43. The normalized spacial score (nSPS) is 39.5. The molecule has 1 aromatic carbocycles. The number of hydrogen-bond donors (Lipinski definition) is 2. The topological polar surface area (TPSA) is 103 Å². The molecule has 3 heterocycles. The van der Waals surface area contributed by atoms with E-state index in [0.717, 1.165) is 11.0 Å². The summed E-state index contributed by atoms with van der Waals surface area (Å²) in [5, 5.41) is 10.4. The molecule has 2 fully saturated rings. The minimum Gasteiger partial charge on any atom is -0.386 e. The number of phosphoric acid groups is 1. The van der Waals surface area contributed by atoms with Gasteiger partial charge >= 0.3 is 7.82 Å². The molecule has 112 valence electrons.